The monoisotopic (exact) mass is 522 g/mol. The smallest absolute Gasteiger partial charge is 0.330 e. The maximum absolute atomic E-state index is 6.24. The Morgan fingerprint density at radius 1 is 0.675 bits per heavy atom. The molecule has 0 bridgehead atoms. The minimum absolute atomic E-state index is 0.0273. The summed E-state index contributed by atoms with van der Waals surface area (Å²) in [7, 11) is 1.89. The van der Waals surface area contributed by atoms with Gasteiger partial charge in [0, 0.05) is 11.6 Å². The summed E-state index contributed by atoms with van der Waals surface area (Å²) in [6.45, 7) is 16.8. The first kappa shape index (κ1) is 27.6. The molecule has 5 rings (SSSR count). The fourth-order valence-corrected chi connectivity index (χ4v) is 4.88. The van der Waals surface area contributed by atoms with E-state index < -0.39 is 0 Å². The molecule has 40 heavy (non-hydrogen) atoms. The molecular weight excluding hydrogens is 485 g/mol. The van der Waals surface area contributed by atoms with Crippen molar-refractivity contribution in [1.82, 2.24) is 0 Å². The Morgan fingerprint density at radius 3 is 1.98 bits per heavy atom. The van der Waals surface area contributed by atoms with E-state index in [-0.39, 0.29) is 11.0 Å². The molecule has 0 N–H and O–H groups in total. The Bertz CT molecular complexity index is 1740. The van der Waals surface area contributed by atoms with E-state index in [2.05, 4.69) is 139 Å². The minimum Gasteiger partial charge on any atom is -0.429 e. The van der Waals surface area contributed by atoms with E-state index in [0.29, 0.717) is 0 Å². The fourth-order valence-electron chi connectivity index (χ4n) is 4.88. The summed E-state index contributed by atoms with van der Waals surface area (Å²) >= 11 is 0. The van der Waals surface area contributed by atoms with Gasteiger partial charge in [-0.2, -0.15) is 0 Å². The minimum atomic E-state index is -0.277. The molecule has 3 heteroatoms. The van der Waals surface area contributed by atoms with Gasteiger partial charge in [0.05, 0.1) is 11.3 Å². The molecule has 0 fully saturated rings. The maximum Gasteiger partial charge on any atom is 0.330 e. The lowest BCUT2D eigenvalue weighted by molar-refractivity contribution is 0.00504. The molecular formula is C37H37BNO. The summed E-state index contributed by atoms with van der Waals surface area (Å²) in [5, 5.41) is 4.82. The standard InChI is InChI=1S/C37H37BNO/c1-8-21-39-35-25(2)31-20-19-29(24-34(31)32-17-9-10-18-33(32)35)27-14-11-13-26(22-27)28-15-12-16-30(23-28)38-40-37(6,7)36(3,4)5/h8-24H,1H2,2-7H3. The largest absolute Gasteiger partial charge is 0.429 e. The van der Waals surface area contributed by atoms with Gasteiger partial charge in [-0.3, -0.25) is 4.99 Å². The molecule has 1 radical (unpaired) electrons. The molecule has 5 aromatic rings. The normalized spacial score (nSPS) is 12.3. The van der Waals surface area contributed by atoms with Crippen LogP contribution in [0.5, 0.6) is 0 Å². The number of fused-ring (bicyclic) bond motifs is 3. The summed E-state index contributed by atoms with van der Waals surface area (Å²) < 4.78 is 6.24. The van der Waals surface area contributed by atoms with Crippen molar-refractivity contribution >= 4 is 46.4 Å². The summed E-state index contributed by atoms with van der Waals surface area (Å²) in [4.78, 5) is 4.72. The number of allylic oxidation sites excluding steroid dienone is 1. The number of aryl methyl sites for hydroxylation is 1. The Labute approximate surface area is 239 Å². The van der Waals surface area contributed by atoms with Crippen molar-refractivity contribution in [3.8, 4) is 22.3 Å². The molecule has 0 amide bonds. The second-order valence-electron chi connectivity index (χ2n) is 12.0. The third-order valence-corrected chi connectivity index (χ3v) is 8.27. The summed E-state index contributed by atoms with van der Waals surface area (Å²) in [6.07, 6.45) is 3.49. The maximum atomic E-state index is 6.24. The predicted octanol–water partition coefficient (Wildman–Crippen LogP) is 9.61. The molecule has 5 aromatic carbocycles. The van der Waals surface area contributed by atoms with Gasteiger partial charge in [0.15, 0.2) is 0 Å². The van der Waals surface area contributed by atoms with Crippen LogP contribution < -0.4 is 5.46 Å². The van der Waals surface area contributed by atoms with Crippen LogP contribution in [0.2, 0.25) is 0 Å². The number of hydrogen-bond acceptors (Lipinski definition) is 2. The first-order valence-corrected chi connectivity index (χ1v) is 13.9. The van der Waals surface area contributed by atoms with Crippen LogP contribution in [0.25, 0.3) is 43.8 Å². The summed E-state index contributed by atoms with van der Waals surface area (Å²) in [5.74, 6) is 0. The zero-order chi connectivity index (χ0) is 28.5. The van der Waals surface area contributed by atoms with Gasteiger partial charge in [-0.1, -0.05) is 118 Å². The van der Waals surface area contributed by atoms with Crippen molar-refractivity contribution in [2.24, 2.45) is 10.4 Å². The molecule has 199 valence electrons. The van der Waals surface area contributed by atoms with Gasteiger partial charge in [0.2, 0.25) is 0 Å². The Kier molecular flexibility index (Phi) is 7.53. The Morgan fingerprint density at radius 2 is 1.30 bits per heavy atom. The molecule has 0 saturated carbocycles. The van der Waals surface area contributed by atoms with Crippen LogP contribution in [0.15, 0.2) is 109 Å². The highest BCUT2D eigenvalue weighted by Gasteiger charge is 2.33. The second kappa shape index (κ2) is 10.9. The van der Waals surface area contributed by atoms with Crippen molar-refractivity contribution in [2.45, 2.75) is 47.1 Å². The topological polar surface area (TPSA) is 21.6 Å². The van der Waals surface area contributed by atoms with Crippen molar-refractivity contribution in [3.05, 3.63) is 109 Å². The Balaban J connectivity index is 1.52. The fraction of sp³-hybridized carbons (Fsp3) is 0.216. The molecule has 0 unspecified atom stereocenters. The molecule has 0 heterocycles. The summed E-state index contributed by atoms with van der Waals surface area (Å²) in [5.41, 5.74) is 7.72. The third kappa shape index (κ3) is 5.39. The van der Waals surface area contributed by atoms with Crippen LogP contribution in [-0.2, 0) is 4.65 Å². The molecule has 0 atom stereocenters. The zero-order valence-electron chi connectivity index (χ0n) is 24.5. The molecule has 0 aliphatic carbocycles. The second-order valence-corrected chi connectivity index (χ2v) is 12.0. The highest BCUT2D eigenvalue weighted by molar-refractivity contribution is 6.47. The van der Waals surface area contributed by atoms with Gasteiger partial charge in [-0.05, 0) is 82.3 Å². The SMILES string of the molecule is C=CC=Nc1c(C)c2ccc(-c3cccc(-c4cccc([B]OC(C)(C)C(C)(C)C)c4)c3)cc2c2ccccc12. The number of benzene rings is 5. The van der Waals surface area contributed by atoms with E-state index in [0.717, 1.165) is 16.5 Å². The van der Waals surface area contributed by atoms with E-state index >= 15 is 0 Å². The van der Waals surface area contributed by atoms with Crippen LogP contribution >= 0.6 is 0 Å². The van der Waals surface area contributed by atoms with E-state index in [1.807, 2.05) is 7.48 Å². The molecule has 0 aliphatic heterocycles. The van der Waals surface area contributed by atoms with Gasteiger partial charge in [-0.15, -0.1) is 0 Å². The van der Waals surface area contributed by atoms with Gasteiger partial charge in [-0.25, -0.2) is 0 Å². The average Bonchev–Trinajstić information content (AvgIpc) is 2.95. The van der Waals surface area contributed by atoms with Crippen molar-refractivity contribution in [2.75, 3.05) is 0 Å². The van der Waals surface area contributed by atoms with Gasteiger partial charge in [0.1, 0.15) is 0 Å². The molecule has 0 aromatic heterocycles. The van der Waals surface area contributed by atoms with Gasteiger partial charge in [0.25, 0.3) is 0 Å². The number of hydrogen-bond donors (Lipinski definition) is 0. The number of nitrogens with zero attached hydrogens (tertiary/aromatic N) is 1. The van der Waals surface area contributed by atoms with Crippen LogP contribution in [-0.4, -0.2) is 19.3 Å². The molecule has 0 spiro atoms. The van der Waals surface area contributed by atoms with Crippen molar-refractivity contribution in [1.29, 1.82) is 0 Å². The first-order valence-electron chi connectivity index (χ1n) is 13.9. The van der Waals surface area contributed by atoms with Crippen molar-refractivity contribution in [3.63, 3.8) is 0 Å². The van der Waals surface area contributed by atoms with Crippen LogP contribution in [0.3, 0.4) is 0 Å². The molecule has 0 saturated heterocycles. The Hall–Kier alpha value is -3.95. The van der Waals surface area contributed by atoms with E-state index in [4.69, 9.17) is 9.65 Å². The summed E-state index contributed by atoms with van der Waals surface area (Å²) in [6, 6.07) is 32.6. The van der Waals surface area contributed by atoms with Crippen LogP contribution in [0.1, 0.15) is 40.2 Å². The van der Waals surface area contributed by atoms with Crippen LogP contribution in [0.4, 0.5) is 5.69 Å². The highest BCUT2D eigenvalue weighted by atomic mass is 16.5. The highest BCUT2D eigenvalue weighted by Crippen LogP contribution is 2.39. The van der Waals surface area contributed by atoms with E-state index in [1.54, 1.807) is 12.3 Å². The lowest BCUT2D eigenvalue weighted by atomic mass is 9.76. The van der Waals surface area contributed by atoms with Crippen LogP contribution in [0, 0.1) is 12.3 Å². The number of rotatable bonds is 7. The molecule has 0 aliphatic rings. The lowest BCUT2D eigenvalue weighted by Crippen LogP contribution is -2.42. The van der Waals surface area contributed by atoms with E-state index in [9.17, 15) is 0 Å². The quantitative estimate of drug-likeness (QED) is 0.118. The van der Waals surface area contributed by atoms with Crippen molar-refractivity contribution < 1.29 is 4.65 Å². The molecule has 2 nitrogen and oxygen atoms in total. The third-order valence-electron chi connectivity index (χ3n) is 8.27. The van der Waals surface area contributed by atoms with E-state index in [1.165, 1.54) is 44.0 Å². The lowest BCUT2D eigenvalue weighted by Gasteiger charge is -2.39. The first-order chi connectivity index (χ1) is 19.1. The number of aliphatic imine (C=N–C) groups is 1. The zero-order valence-corrected chi connectivity index (χ0v) is 24.5. The van der Waals surface area contributed by atoms with Gasteiger partial charge >= 0.3 is 7.48 Å². The van der Waals surface area contributed by atoms with Gasteiger partial charge < -0.3 is 4.65 Å². The predicted molar refractivity (Wildman–Crippen MR) is 175 cm³/mol. The average molecular weight is 523 g/mol.